The van der Waals surface area contributed by atoms with Gasteiger partial charge < -0.3 is 35.7 Å². The predicted octanol–water partition coefficient (Wildman–Crippen LogP) is -3.88. The molecule has 0 aromatic rings. The van der Waals surface area contributed by atoms with Crippen molar-refractivity contribution in [3.8, 4) is 0 Å². The van der Waals surface area contributed by atoms with Gasteiger partial charge in [0, 0.05) is 0 Å². The molecule has 0 saturated heterocycles. The van der Waals surface area contributed by atoms with E-state index in [0.717, 1.165) is 0 Å². The maximum absolute atomic E-state index is 8.96. The van der Waals surface area contributed by atoms with Crippen LogP contribution < -0.4 is 0 Å². The monoisotopic (exact) mass is 228 g/mol. The van der Waals surface area contributed by atoms with Gasteiger partial charge in [0.05, 0.1) is 13.2 Å². The second-order valence-corrected chi connectivity index (χ2v) is 2.59. The number of hydrogen-bond donors (Lipinski definition) is 7. The number of carboxylic acid groups (broad SMARTS) is 1. The van der Waals surface area contributed by atoms with Crippen LogP contribution in [-0.2, 0) is 4.79 Å². The summed E-state index contributed by atoms with van der Waals surface area (Å²) in [7, 11) is 0. The van der Waals surface area contributed by atoms with E-state index in [0.29, 0.717) is 0 Å². The Morgan fingerprint density at radius 2 is 1.07 bits per heavy atom. The maximum atomic E-state index is 8.96. The summed E-state index contributed by atoms with van der Waals surface area (Å²) in [6.45, 7) is -1.70. The SMILES string of the molecule is O=CO.OCC(O)C(O)C(O)C(O)CO. The van der Waals surface area contributed by atoms with Crippen molar-refractivity contribution >= 4 is 6.47 Å². The minimum atomic E-state index is -1.67. The molecule has 0 radical (unpaired) electrons. The Morgan fingerprint density at radius 1 is 0.867 bits per heavy atom. The van der Waals surface area contributed by atoms with E-state index in [-0.39, 0.29) is 6.47 Å². The Bertz CT molecular complexity index is 138. The first-order valence-corrected chi connectivity index (χ1v) is 3.98. The Kier molecular flexibility index (Phi) is 10.8. The van der Waals surface area contributed by atoms with E-state index in [4.69, 9.17) is 40.5 Å². The van der Waals surface area contributed by atoms with Gasteiger partial charge in [-0.3, -0.25) is 4.79 Å². The molecule has 0 spiro atoms. The fourth-order valence-corrected chi connectivity index (χ4v) is 0.671. The van der Waals surface area contributed by atoms with Crippen molar-refractivity contribution in [1.82, 2.24) is 0 Å². The van der Waals surface area contributed by atoms with Crippen molar-refractivity contribution in [2.24, 2.45) is 0 Å². The normalized spacial score (nSPS) is 18.0. The molecular weight excluding hydrogens is 212 g/mol. The molecule has 0 aliphatic heterocycles. The molecule has 0 bridgehead atoms. The van der Waals surface area contributed by atoms with Crippen molar-refractivity contribution in [2.75, 3.05) is 13.2 Å². The quantitative estimate of drug-likeness (QED) is 0.235. The van der Waals surface area contributed by atoms with Crippen molar-refractivity contribution in [3.63, 3.8) is 0 Å². The van der Waals surface area contributed by atoms with Crippen LogP contribution in [0.25, 0.3) is 0 Å². The predicted molar refractivity (Wildman–Crippen MR) is 46.9 cm³/mol. The number of aliphatic hydroxyl groups excluding tert-OH is 6. The van der Waals surface area contributed by atoms with Crippen LogP contribution in [0.15, 0.2) is 0 Å². The van der Waals surface area contributed by atoms with Crippen LogP contribution in [-0.4, -0.2) is 79.8 Å². The van der Waals surface area contributed by atoms with Gasteiger partial charge in [-0.25, -0.2) is 0 Å². The van der Waals surface area contributed by atoms with Gasteiger partial charge in [-0.15, -0.1) is 0 Å². The third-order valence-electron chi connectivity index (χ3n) is 1.51. The summed E-state index contributed by atoms with van der Waals surface area (Å²) in [6.07, 6.45) is -6.39. The van der Waals surface area contributed by atoms with Crippen LogP contribution in [0.2, 0.25) is 0 Å². The molecule has 0 amide bonds. The average Bonchev–Trinajstić information content (AvgIpc) is 2.25. The summed E-state index contributed by atoms with van der Waals surface area (Å²) in [5.74, 6) is 0. The summed E-state index contributed by atoms with van der Waals surface area (Å²) in [4.78, 5) is 8.36. The van der Waals surface area contributed by atoms with E-state index in [1.165, 1.54) is 0 Å². The molecule has 0 heterocycles. The van der Waals surface area contributed by atoms with E-state index >= 15 is 0 Å². The smallest absolute Gasteiger partial charge is 0.290 e. The third-order valence-corrected chi connectivity index (χ3v) is 1.51. The largest absolute Gasteiger partial charge is 0.483 e. The Hall–Kier alpha value is -0.770. The minimum Gasteiger partial charge on any atom is -0.483 e. The first-order valence-electron chi connectivity index (χ1n) is 3.98. The van der Waals surface area contributed by atoms with Gasteiger partial charge in [-0.2, -0.15) is 0 Å². The van der Waals surface area contributed by atoms with Crippen LogP contribution in [0.3, 0.4) is 0 Å². The lowest BCUT2D eigenvalue weighted by Crippen LogP contribution is -2.46. The molecule has 0 aliphatic rings. The van der Waals surface area contributed by atoms with Gasteiger partial charge in [-0.1, -0.05) is 0 Å². The lowest BCUT2D eigenvalue weighted by atomic mass is 10.0. The van der Waals surface area contributed by atoms with Gasteiger partial charge in [0.15, 0.2) is 0 Å². The molecule has 8 heteroatoms. The summed E-state index contributed by atoms with van der Waals surface area (Å²) in [5, 5.41) is 59.1. The summed E-state index contributed by atoms with van der Waals surface area (Å²) < 4.78 is 0. The van der Waals surface area contributed by atoms with E-state index in [2.05, 4.69) is 0 Å². The first kappa shape index (κ1) is 16.7. The molecular formula is C7H16O8. The van der Waals surface area contributed by atoms with Crippen molar-refractivity contribution in [2.45, 2.75) is 24.4 Å². The topological polar surface area (TPSA) is 159 Å². The summed E-state index contributed by atoms with van der Waals surface area (Å²) in [6, 6.07) is 0. The first-order chi connectivity index (χ1) is 6.95. The van der Waals surface area contributed by atoms with E-state index in [1.54, 1.807) is 0 Å². The van der Waals surface area contributed by atoms with Crippen molar-refractivity contribution < 1.29 is 40.5 Å². The number of rotatable bonds is 5. The van der Waals surface area contributed by atoms with Gasteiger partial charge in [0.25, 0.3) is 6.47 Å². The highest BCUT2D eigenvalue weighted by molar-refractivity contribution is 5.32. The fraction of sp³-hybridized carbons (Fsp3) is 0.857. The van der Waals surface area contributed by atoms with Gasteiger partial charge in [0.1, 0.15) is 24.4 Å². The number of hydrogen-bond acceptors (Lipinski definition) is 7. The molecule has 7 N–H and O–H groups in total. The second kappa shape index (κ2) is 9.77. The zero-order valence-electron chi connectivity index (χ0n) is 7.84. The van der Waals surface area contributed by atoms with E-state index in [1.807, 2.05) is 0 Å². The highest BCUT2D eigenvalue weighted by Gasteiger charge is 2.29. The standard InChI is InChI=1S/C6H14O6.CH2O2/c7-1-3(9)5(11)6(12)4(10)2-8;2-1-3/h3-12H,1-2H2;1H,(H,2,3). The molecule has 15 heavy (non-hydrogen) atoms. The van der Waals surface area contributed by atoms with Crippen LogP contribution in [0.1, 0.15) is 0 Å². The lowest BCUT2D eigenvalue weighted by molar-refractivity contribution is -0.123. The molecule has 4 atom stereocenters. The van der Waals surface area contributed by atoms with Crippen LogP contribution >= 0.6 is 0 Å². The Morgan fingerprint density at radius 3 is 1.20 bits per heavy atom. The highest BCUT2D eigenvalue weighted by Crippen LogP contribution is 2.03. The van der Waals surface area contributed by atoms with Crippen LogP contribution in [0.5, 0.6) is 0 Å². The molecule has 92 valence electrons. The van der Waals surface area contributed by atoms with Crippen molar-refractivity contribution in [3.05, 3.63) is 0 Å². The fourth-order valence-electron chi connectivity index (χ4n) is 0.671. The van der Waals surface area contributed by atoms with Crippen LogP contribution in [0, 0.1) is 0 Å². The molecule has 0 saturated carbocycles. The summed E-state index contributed by atoms with van der Waals surface area (Å²) in [5.41, 5.74) is 0. The zero-order chi connectivity index (χ0) is 12.4. The molecule has 0 aromatic heterocycles. The average molecular weight is 228 g/mol. The van der Waals surface area contributed by atoms with Gasteiger partial charge in [-0.05, 0) is 0 Å². The van der Waals surface area contributed by atoms with Gasteiger partial charge >= 0.3 is 0 Å². The minimum absolute atomic E-state index is 0.250. The molecule has 0 aliphatic carbocycles. The number of carbonyl (C=O) groups is 1. The Labute approximate surface area is 85.7 Å². The number of aliphatic hydroxyl groups is 6. The van der Waals surface area contributed by atoms with Crippen molar-refractivity contribution in [1.29, 1.82) is 0 Å². The zero-order valence-corrected chi connectivity index (χ0v) is 7.84. The third kappa shape index (κ3) is 7.19. The van der Waals surface area contributed by atoms with Gasteiger partial charge in [0.2, 0.25) is 0 Å². The molecule has 4 unspecified atom stereocenters. The van der Waals surface area contributed by atoms with Crippen LogP contribution in [0.4, 0.5) is 0 Å². The Balaban J connectivity index is 0. The molecule has 8 nitrogen and oxygen atoms in total. The maximum Gasteiger partial charge on any atom is 0.290 e. The molecule has 0 fully saturated rings. The highest BCUT2D eigenvalue weighted by atomic mass is 16.4. The lowest BCUT2D eigenvalue weighted by Gasteiger charge is -2.24. The summed E-state index contributed by atoms with van der Waals surface area (Å²) >= 11 is 0. The van der Waals surface area contributed by atoms with E-state index < -0.39 is 37.6 Å². The molecule has 0 aromatic carbocycles. The van der Waals surface area contributed by atoms with E-state index in [9.17, 15) is 0 Å². The second-order valence-electron chi connectivity index (χ2n) is 2.59. The molecule has 0 rings (SSSR count).